The van der Waals surface area contributed by atoms with Crippen LogP contribution in [0.1, 0.15) is 10.5 Å². The molecule has 0 aliphatic carbocycles. The van der Waals surface area contributed by atoms with Crippen molar-refractivity contribution in [2.45, 2.75) is 0 Å². The molecule has 0 aromatic carbocycles. The Morgan fingerprint density at radius 1 is 1.80 bits per heavy atom. The Balaban J connectivity index is 2.98. The SMILES string of the molecule is O=Cc1cc([N+](=O)[O-])sn1. The molecule has 0 radical (unpaired) electrons. The van der Waals surface area contributed by atoms with Crippen LogP contribution in [-0.2, 0) is 0 Å². The summed E-state index contributed by atoms with van der Waals surface area (Å²) in [4.78, 5) is 19.4. The van der Waals surface area contributed by atoms with Gasteiger partial charge in [0.15, 0.2) is 6.29 Å². The van der Waals surface area contributed by atoms with E-state index in [2.05, 4.69) is 4.37 Å². The minimum atomic E-state index is -0.579. The molecular weight excluding hydrogens is 156 g/mol. The summed E-state index contributed by atoms with van der Waals surface area (Å²) in [6, 6.07) is 1.14. The van der Waals surface area contributed by atoms with E-state index in [9.17, 15) is 14.9 Å². The van der Waals surface area contributed by atoms with Gasteiger partial charge in [-0.1, -0.05) is 0 Å². The molecule has 1 rings (SSSR count). The van der Waals surface area contributed by atoms with Gasteiger partial charge in [0.25, 0.3) is 0 Å². The van der Waals surface area contributed by atoms with Crippen LogP contribution in [0.5, 0.6) is 0 Å². The Morgan fingerprint density at radius 2 is 2.50 bits per heavy atom. The lowest BCUT2D eigenvalue weighted by Gasteiger charge is -1.75. The van der Waals surface area contributed by atoms with Crippen molar-refractivity contribution in [3.05, 3.63) is 21.9 Å². The third-order valence-corrected chi connectivity index (χ3v) is 1.57. The third kappa shape index (κ3) is 1.16. The highest BCUT2D eigenvalue weighted by molar-refractivity contribution is 7.09. The highest BCUT2D eigenvalue weighted by Crippen LogP contribution is 2.16. The molecule has 52 valence electrons. The van der Waals surface area contributed by atoms with Crippen molar-refractivity contribution in [1.82, 2.24) is 4.37 Å². The zero-order valence-corrected chi connectivity index (χ0v) is 5.50. The van der Waals surface area contributed by atoms with E-state index in [1.807, 2.05) is 0 Å². The quantitative estimate of drug-likeness (QED) is 0.363. The molecule has 0 unspecified atom stereocenters. The van der Waals surface area contributed by atoms with Crippen LogP contribution in [0.2, 0.25) is 0 Å². The molecule has 0 fully saturated rings. The number of carbonyl (C=O) groups is 1. The van der Waals surface area contributed by atoms with Crippen molar-refractivity contribution < 1.29 is 9.72 Å². The zero-order chi connectivity index (χ0) is 7.56. The molecule has 5 nitrogen and oxygen atoms in total. The Labute approximate surface area is 59.6 Å². The first kappa shape index (κ1) is 6.81. The van der Waals surface area contributed by atoms with Gasteiger partial charge in [-0.2, -0.15) is 4.37 Å². The number of hydrogen-bond donors (Lipinski definition) is 0. The van der Waals surface area contributed by atoms with Crippen LogP contribution >= 0.6 is 11.5 Å². The molecule has 0 saturated heterocycles. The molecule has 0 spiro atoms. The summed E-state index contributed by atoms with van der Waals surface area (Å²) in [5, 5.41) is 9.88. The summed E-state index contributed by atoms with van der Waals surface area (Å²) < 4.78 is 3.49. The van der Waals surface area contributed by atoms with Crippen molar-refractivity contribution in [1.29, 1.82) is 0 Å². The number of aldehydes is 1. The Morgan fingerprint density at radius 3 is 2.80 bits per heavy atom. The molecule has 1 aromatic rings. The van der Waals surface area contributed by atoms with Crippen LogP contribution in [0, 0.1) is 10.1 Å². The largest absolute Gasteiger partial charge is 0.343 e. The van der Waals surface area contributed by atoms with Gasteiger partial charge in [-0.3, -0.25) is 14.9 Å². The summed E-state index contributed by atoms with van der Waals surface area (Å²) in [6.45, 7) is 0. The normalized spacial score (nSPS) is 9.20. The number of nitro groups is 1. The molecule has 0 aliphatic heterocycles. The van der Waals surface area contributed by atoms with Crippen LogP contribution < -0.4 is 0 Å². The van der Waals surface area contributed by atoms with Crippen LogP contribution in [0.3, 0.4) is 0 Å². The van der Waals surface area contributed by atoms with Gasteiger partial charge in [0.05, 0.1) is 11.0 Å². The van der Waals surface area contributed by atoms with Crippen LogP contribution in [-0.4, -0.2) is 15.6 Å². The van der Waals surface area contributed by atoms with E-state index in [4.69, 9.17) is 0 Å². The summed E-state index contributed by atoms with van der Waals surface area (Å²) in [7, 11) is 0. The lowest BCUT2D eigenvalue weighted by atomic mass is 10.5. The summed E-state index contributed by atoms with van der Waals surface area (Å²) in [6.07, 6.45) is 0.476. The van der Waals surface area contributed by atoms with Crippen molar-refractivity contribution in [3.8, 4) is 0 Å². The van der Waals surface area contributed by atoms with Crippen molar-refractivity contribution in [2.75, 3.05) is 0 Å². The van der Waals surface area contributed by atoms with E-state index in [-0.39, 0.29) is 10.7 Å². The van der Waals surface area contributed by atoms with Gasteiger partial charge in [0, 0.05) is 11.5 Å². The Kier molecular flexibility index (Phi) is 1.72. The minimum Gasteiger partial charge on any atom is -0.296 e. The highest BCUT2D eigenvalue weighted by Gasteiger charge is 2.09. The van der Waals surface area contributed by atoms with E-state index < -0.39 is 4.92 Å². The topological polar surface area (TPSA) is 73.1 Å². The first-order valence-corrected chi connectivity index (χ1v) is 3.07. The van der Waals surface area contributed by atoms with Crippen LogP contribution in [0.15, 0.2) is 6.07 Å². The van der Waals surface area contributed by atoms with Gasteiger partial charge in [0.1, 0.15) is 5.69 Å². The van der Waals surface area contributed by atoms with E-state index in [0.717, 1.165) is 6.07 Å². The van der Waals surface area contributed by atoms with Gasteiger partial charge >= 0.3 is 5.00 Å². The van der Waals surface area contributed by atoms with Crippen LogP contribution in [0.25, 0.3) is 0 Å². The summed E-state index contributed by atoms with van der Waals surface area (Å²) in [5.41, 5.74) is 0.108. The smallest absolute Gasteiger partial charge is 0.296 e. The lowest BCUT2D eigenvalue weighted by molar-refractivity contribution is -0.380. The average Bonchev–Trinajstić information content (AvgIpc) is 2.34. The second-order valence-corrected chi connectivity index (χ2v) is 2.25. The molecule has 0 aliphatic rings. The number of carbonyl (C=O) groups excluding carboxylic acids is 1. The molecule has 1 aromatic heterocycles. The summed E-state index contributed by atoms with van der Waals surface area (Å²) >= 11 is 0.702. The van der Waals surface area contributed by atoms with Gasteiger partial charge in [-0.25, -0.2) is 0 Å². The molecule has 0 N–H and O–H groups in total. The predicted molar refractivity (Wildman–Crippen MR) is 34.2 cm³/mol. The maximum atomic E-state index is 9.99. The Bertz CT molecular complexity index is 269. The first-order valence-electron chi connectivity index (χ1n) is 2.30. The zero-order valence-electron chi connectivity index (χ0n) is 4.68. The molecule has 0 saturated carbocycles. The van der Waals surface area contributed by atoms with Gasteiger partial charge < -0.3 is 0 Å². The maximum Gasteiger partial charge on any atom is 0.343 e. The number of nitrogens with zero attached hydrogens (tertiary/aromatic N) is 2. The molecule has 1 heterocycles. The number of hydrogen-bond acceptors (Lipinski definition) is 5. The molecule has 0 bridgehead atoms. The molecule has 0 atom stereocenters. The third-order valence-electron chi connectivity index (χ3n) is 0.817. The van der Waals surface area contributed by atoms with E-state index in [1.165, 1.54) is 0 Å². The van der Waals surface area contributed by atoms with Crippen molar-refractivity contribution >= 4 is 22.8 Å². The van der Waals surface area contributed by atoms with Crippen molar-refractivity contribution in [2.24, 2.45) is 0 Å². The van der Waals surface area contributed by atoms with E-state index >= 15 is 0 Å². The van der Waals surface area contributed by atoms with E-state index in [0.29, 0.717) is 17.8 Å². The second-order valence-electron chi connectivity index (χ2n) is 1.46. The van der Waals surface area contributed by atoms with Gasteiger partial charge in [-0.15, -0.1) is 0 Å². The lowest BCUT2D eigenvalue weighted by Crippen LogP contribution is -1.81. The molecule has 10 heavy (non-hydrogen) atoms. The Hall–Kier alpha value is -1.30. The van der Waals surface area contributed by atoms with E-state index in [1.54, 1.807) is 0 Å². The highest BCUT2D eigenvalue weighted by atomic mass is 32.1. The average molecular weight is 158 g/mol. The predicted octanol–water partition coefficient (Wildman–Crippen LogP) is 0.864. The number of aromatic nitrogens is 1. The standard InChI is InChI=1S/C4H2N2O3S/c7-2-3-1-4(6(8)9)10-5-3/h1-2H. The van der Waals surface area contributed by atoms with Crippen LogP contribution in [0.4, 0.5) is 5.00 Å². The molecule has 0 amide bonds. The molecular formula is C4H2N2O3S. The first-order chi connectivity index (χ1) is 4.74. The fourth-order valence-electron chi connectivity index (χ4n) is 0.420. The monoisotopic (exact) mass is 158 g/mol. The van der Waals surface area contributed by atoms with Gasteiger partial charge in [0.2, 0.25) is 0 Å². The fraction of sp³-hybridized carbons (Fsp3) is 0. The van der Waals surface area contributed by atoms with Crippen molar-refractivity contribution in [3.63, 3.8) is 0 Å². The fourth-order valence-corrected chi connectivity index (χ4v) is 0.955. The minimum absolute atomic E-state index is 0.108. The number of rotatable bonds is 2. The summed E-state index contributed by atoms with van der Waals surface area (Å²) in [5.74, 6) is 0. The molecule has 6 heteroatoms. The second kappa shape index (κ2) is 2.53. The van der Waals surface area contributed by atoms with Gasteiger partial charge in [-0.05, 0) is 0 Å². The maximum absolute atomic E-state index is 9.99.